The summed E-state index contributed by atoms with van der Waals surface area (Å²) in [4.78, 5) is 36.4. The van der Waals surface area contributed by atoms with Gasteiger partial charge in [-0.15, -0.1) is 0 Å². The Balaban J connectivity index is -0.000000162. The van der Waals surface area contributed by atoms with Crippen LogP contribution in [0.25, 0.3) is 0 Å². The molecule has 0 radical (unpaired) electrons. The number of rotatable bonds is 0. The van der Waals surface area contributed by atoms with Crippen LogP contribution in [0.1, 0.15) is 13.8 Å². The van der Waals surface area contributed by atoms with Crippen LogP contribution in [0.4, 0.5) is 0 Å². The molecule has 0 aromatic rings. The molecule has 0 heterocycles. The Morgan fingerprint density at radius 2 is 0.750 bits per heavy atom. The Labute approximate surface area is 89.6 Å². The summed E-state index contributed by atoms with van der Waals surface area (Å²) in [5, 5.41) is 37.6. The van der Waals surface area contributed by atoms with Crippen LogP contribution in [0.5, 0.6) is 0 Å². The molecule has 0 spiro atoms. The van der Waals surface area contributed by atoms with Gasteiger partial charge in [0.25, 0.3) is 0 Å². The molecule has 0 saturated carbocycles. The largest absolute Gasteiger partial charge is 0.473 e. The first-order valence-corrected chi connectivity index (χ1v) is 3.62. The first-order valence-electron chi connectivity index (χ1n) is 3.62. The maximum Gasteiger partial charge on any atom is 0.414 e. The SMILES string of the molecule is CC(C)O.O=C(O)C(=O)O.O=C(O)C(=O)O. The summed E-state index contributed by atoms with van der Waals surface area (Å²) in [5.74, 6) is -7.30. The van der Waals surface area contributed by atoms with Crippen LogP contribution in [0.3, 0.4) is 0 Å². The molecule has 0 amide bonds. The zero-order chi connectivity index (χ0) is 13.9. The molecule has 0 aliphatic heterocycles. The third-order valence-corrected chi connectivity index (χ3v) is 0.366. The van der Waals surface area contributed by atoms with E-state index in [1.54, 1.807) is 13.8 Å². The fraction of sp³-hybridized carbons (Fsp3) is 0.429. The molecule has 5 N–H and O–H groups in total. The van der Waals surface area contributed by atoms with Crippen molar-refractivity contribution >= 4 is 23.9 Å². The van der Waals surface area contributed by atoms with Crippen LogP contribution in [0, 0.1) is 0 Å². The van der Waals surface area contributed by atoms with Crippen molar-refractivity contribution in [1.29, 1.82) is 0 Å². The molecule has 9 nitrogen and oxygen atoms in total. The fourth-order valence-electron chi connectivity index (χ4n) is 0. The molecule has 9 heteroatoms. The van der Waals surface area contributed by atoms with Crippen molar-refractivity contribution in [3.05, 3.63) is 0 Å². The minimum absolute atomic E-state index is 0.167. The van der Waals surface area contributed by atoms with Crippen LogP contribution < -0.4 is 0 Å². The van der Waals surface area contributed by atoms with Gasteiger partial charge in [-0.25, -0.2) is 19.2 Å². The van der Waals surface area contributed by atoms with Gasteiger partial charge in [0.05, 0.1) is 0 Å². The lowest BCUT2D eigenvalue weighted by molar-refractivity contribution is -0.159. The topological polar surface area (TPSA) is 169 Å². The average molecular weight is 240 g/mol. The van der Waals surface area contributed by atoms with E-state index < -0.39 is 23.9 Å². The highest BCUT2D eigenvalue weighted by atomic mass is 16.4. The highest BCUT2D eigenvalue weighted by Crippen LogP contribution is 1.65. The molecule has 16 heavy (non-hydrogen) atoms. The van der Waals surface area contributed by atoms with Gasteiger partial charge < -0.3 is 25.5 Å². The van der Waals surface area contributed by atoms with Crippen LogP contribution in [0.15, 0.2) is 0 Å². The number of aliphatic hydroxyl groups is 1. The summed E-state index contributed by atoms with van der Waals surface area (Å²) >= 11 is 0. The molecular weight excluding hydrogens is 228 g/mol. The number of hydrogen-bond acceptors (Lipinski definition) is 5. The lowest BCUT2D eigenvalue weighted by Gasteiger charge is -1.80. The molecular formula is C7H12O9. The maximum absolute atomic E-state index is 9.10. The average Bonchev–Trinajstić information content (AvgIpc) is 2.03. The number of carboxylic acids is 4. The van der Waals surface area contributed by atoms with Gasteiger partial charge >= 0.3 is 23.9 Å². The van der Waals surface area contributed by atoms with Gasteiger partial charge in [0.1, 0.15) is 0 Å². The van der Waals surface area contributed by atoms with Crippen molar-refractivity contribution in [3.63, 3.8) is 0 Å². The van der Waals surface area contributed by atoms with Gasteiger partial charge in [0, 0.05) is 6.10 Å². The highest BCUT2D eigenvalue weighted by Gasteiger charge is 2.04. The Morgan fingerprint density at radius 1 is 0.688 bits per heavy atom. The molecule has 0 rings (SSSR count). The monoisotopic (exact) mass is 240 g/mol. The summed E-state index contributed by atoms with van der Waals surface area (Å²) in [6.07, 6.45) is -0.167. The fourth-order valence-corrected chi connectivity index (χ4v) is 0. The van der Waals surface area contributed by atoms with Crippen molar-refractivity contribution in [2.45, 2.75) is 20.0 Å². The summed E-state index contributed by atoms with van der Waals surface area (Å²) in [5.41, 5.74) is 0. The zero-order valence-electron chi connectivity index (χ0n) is 8.45. The minimum Gasteiger partial charge on any atom is -0.473 e. The highest BCUT2D eigenvalue weighted by molar-refractivity contribution is 6.27. The number of carboxylic acid groups (broad SMARTS) is 4. The van der Waals surface area contributed by atoms with E-state index in [4.69, 9.17) is 44.7 Å². The van der Waals surface area contributed by atoms with Crippen molar-refractivity contribution in [2.24, 2.45) is 0 Å². The van der Waals surface area contributed by atoms with Gasteiger partial charge in [-0.1, -0.05) is 0 Å². The molecule has 0 aromatic heterocycles. The molecule has 0 atom stereocenters. The van der Waals surface area contributed by atoms with Gasteiger partial charge in [-0.3, -0.25) is 0 Å². The van der Waals surface area contributed by atoms with Gasteiger partial charge in [0.2, 0.25) is 0 Å². The molecule has 0 saturated heterocycles. The van der Waals surface area contributed by atoms with Crippen LogP contribution in [0.2, 0.25) is 0 Å². The Kier molecular flexibility index (Phi) is 13.3. The lowest BCUT2D eigenvalue weighted by Crippen LogP contribution is -2.09. The summed E-state index contributed by atoms with van der Waals surface area (Å²) in [7, 11) is 0. The van der Waals surface area contributed by atoms with Gasteiger partial charge in [-0.05, 0) is 13.8 Å². The molecule has 0 aromatic carbocycles. The maximum atomic E-state index is 9.10. The van der Waals surface area contributed by atoms with E-state index in [2.05, 4.69) is 0 Å². The number of carbonyl (C=O) groups is 4. The predicted molar refractivity (Wildman–Crippen MR) is 47.9 cm³/mol. The Morgan fingerprint density at radius 3 is 0.750 bits per heavy atom. The van der Waals surface area contributed by atoms with Crippen molar-refractivity contribution in [2.75, 3.05) is 0 Å². The first-order chi connectivity index (χ1) is 7.02. The molecule has 0 bridgehead atoms. The smallest absolute Gasteiger partial charge is 0.414 e. The predicted octanol–water partition coefficient (Wildman–Crippen LogP) is -1.30. The third-order valence-electron chi connectivity index (χ3n) is 0.366. The van der Waals surface area contributed by atoms with E-state index in [-0.39, 0.29) is 6.10 Å². The van der Waals surface area contributed by atoms with Gasteiger partial charge in [-0.2, -0.15) is 0 Å². The molecule has 0 unspecified atom stereocenters. The van der Waals surface area contributed by atoms with Gasteiger partial charge in [0.15, 0.2) is 0 Å². The van der Waals surface area contributed by atoms with E-state index >= 15 is 0 Å². The van der Waals surface area contributed by atoms with Crippen molar-refractivity contribution in [1.82, 2.24) is 0 Å². The lowest BCUT2D eigenvalue weighted by atomic mass is 10.5. The van der Waals surface area contributed by atoms with Crippen LogP contribution >= 0.6 is 0 Å². The number of aliphatic carboxylic acids is 4. The molecule has 0 aliphatic rings. The standard InChI is InChI=1S/C3H8O.2C2H2O4/c1-3(2)4;2*3-1(4)2(5)6/h3-4H,1-2H3;2*(H,3,4)(H,5,6). The van der Waals surface area contributed by atoms with Crippen LogP contribution in [-0.2, 0) is 19.2 Å². The summed E-state index contributed by atoms with van der Waals surface area (Å²) in [6.45, 7) is 3.44. The first kappa shape index (κ1) is 19.4. The quantitative estimate of drug-likeness (QED) is 0.323. The Bertz CT molecular complexity index is 204. The number of aliphatic hydroxyl groups excluding tert-OH is 1. The Hall–Kier alpha value is -2.16. The van der Waals surface area contributed by atoms with E-state index in [1.165, 1.54) is 0 Å². The van der Waals surface area contributed by atoms with E-state index in [9.17, 15) is 0 Å². The zero-order valence-corrected chi connectivity index (χ0v) is 8.45. The molecule has 0 fully saturated rings. The second kappa shape index (κ2) is 10.9. The minimum atomic E-state index is -1.82. The third kappa shape index (κ3) is 40.8. The van der Waals surface area contributed by atoms with E-state index in [0.29, 0.717) is 0 Å². The summed E-state index contributed by atoms with van der Waals surface area (Å²) < 4.78 is 0. The molecule has 94 valence electrons. The second-order valence-corrected chi connectivity index (χ2v) is 2.31. The van der Waals surface area contributed by atoms with Crippen LogP contribution in [-0.4, -0.2) is 55.5 Å². The number of hydrogen-bond donors (Lipinski definition) is 5. The van der Waals surface area contributed by atoms with Crippen molar-refractivity contribution < 1.29 is 44.7 Å². The molecule has 0 aliphatic carbocycles. The summed E-state index contributed by atoms with van der Waals surface area (Å²) in [6, 6.07) is 0. The van der Waals surface area contributed by atoms with E-state index in [0.717, 1.165) is 0 Å². The van der Waals surface area contributed by atoms with E-state index in [1.807, 2.05) is 0 Å². The normalized spacial score (nSPS) is 7.75. The van der Waals surface area contributed by atoms with Crippen molar-refractivity contribution in [3.8, 4) is 0 Å². The second-order valence-electron chi connectivity index (χ2n) is 2.31.